The Morgan fingerprint density at radius 3 is 2.36 bits per heavy atom. The molecule has 0 saturated heterocycles. The van der Waals surface area contributed by atoms with E-state index in [-0.39, 0.29) is 11.7 Å². The maximum atomic E-state index is 12.3. The number of nitrogens with two attached hydrogens (primary N) is 1. The van der Waals surface area contributed by atoms with Crippen molar-refractivity contribution in [1.29, 1.82) is 0 Å². The number of terminal acetylenes is 1. The number of rotatable bonds is 1. The molecule has 1 saturated carbocycles. The van der Waals surface area contributed by atoms with Gasteiger partial charge in [0.1, 0.15) is 5.82 Å². The Kier molecular flexibility index (Phi) is 6.91. The summed E-state index contributed by atoms with van der Waals surface area (Å²) >= 11 is 0. The summed E-state index contributed by atoms with van der Waals surface area (Å²) in [5, 5.41) is 0. The van der Waals surface area contributed by atoms with Crippen LogP contribution in [0.1, 0.15) is 38.2 Å². The van der Waals surface area contributed by atoms with Crippen LogP contribution in [0.3, 0.4) is 0 Å². The fourth-order valence-electron chi connectivity index (χ4n) is 2.53. The van der Waals surface area contributed by atoms with Crippen LogP contribution in [-0.4, -0.2) is 23.9 Å². The number of amides is 1. The molecule has 3 nitrogen and oxygen atoms in total. The SMILES string of the molecule is C#CC1CCC(N(C)C(C)=O)CC1.Cc1cc(F)ccc1N. The molecular weight excluding hydrogens is 279 g/mol. The lowest BCUT2D eigenvalue weighted by Crippen LogP contribution is -2.37. The van der Waals surface area contributed by atoms with Crippen LogP contribution >= 0.6 is 0 Å². The fraction of sp³-hybridized carbons (Fsp3) is 0.500. The summed E-state index contributed by atoms with van der Waals surface area (Å²) in [6, 6.07) is 4.74. The molecule has 1 aliphatic rings. The zero-order chi connectivity index (χ0) is 16.7. The van der Waals surface area contributed by atoms with E-state index in [1.807, 2.05) is 11.9 Å². The molecule has 0 atom stereocenters. The van der Waals surface area contributed by atoms with Gasteiger partial charge in [-0.05, 0) is 56.4 Å². The third-order valence-corrected chi connectivity index (χ3v) is 4.21. The molecule has 2 rings (SSSR count). The first-order chi connectivity index (χ1) is 10.3. The molecule has 1 amide bonds. The number of aryl methyl sites for hydroxylation is 1. The van der Waals surface area contributed by atoms with Gasteiger partial charge in [-0.2, -0.15) is 0 Å². The van der Waals surface area contributed by atoms with Crippen molar-refractivity contribution in [2.24, 2.45) is 5.92 Å². The second-order valence-corrected chi connectivity index (χ2v) is 5.80. The van der Waals surface area contributed by atoms with Crippen molar-refractivity contribution in [3.8, 4) is 12.3 Å². The van der Waals surface area contributed by atoms with Crippen LogP contribution in [0.25, 0.3) is 0 Å². The molecule has 1 fully saturated rings. The minimum atomic E-state index is -0.235. The molecule has 0 aromatic heterocycles. The number of hydrogen-bond donors (Lipinski definition) is 1. The second-order valence-electron chi connectivity index (χ2n) is 5.80. The van der Waals surface area contributed by atoms with E-state index in [1.165, 1.54) is 12.1 Å². The van der Waals surface area contributed by atoms with Crippen molar-refractivity contribution < 1.29 is 9.18 Å². The Balaban J connectivity index is 0.000000235. The van der Waals surface area contributed by atoms with E-state index in [4.69, 9.17) is 12.2 Å². The van der Waals surface area contributed by atoms with Gasteiger partial charge in [0.05, 0.1) is 0 Å². The van der Waals surface area contributed by atoms with Crippen molar-refractivity contribution in [1.82, 2.24) is 4.90 Å². The average Bonchev–Trinajstić information content (AvgIpc) is 2.51. The van der Waals surface area contributed by atoms with Crippen molar-refractivity contribution in [2.75, 3.05) is 12.8 Å². The molecule has 120 valence electrons. The Morgan fingerprint density at radius 1 is 1.36 bits per heavy atom. The third kappa shape index (κ3) is 5.40. The lowest BCUT2D eigenvalue weighted by atomic mass is 9.86. The van der Waals surface area contributed by atoms with Gasteiger partial charge in [0, 0.05) is 31.6 Å². The van der Waals surface area contributed by atoms with Crippen LogP contribution < -0.4 is 5.73 Å². The topological polar surface area (TPSA) is 46.3 Å². The van der Waals surface area contributed by atoms with Gasteiger partial charge in [0.15, 0.2) is 0 Å². The first-order valence-electron chi connectivity index (χ1n) is 7.56. The standard InChI is InChI=1S/C11H17NO.C7H8FN/c1-4-10-5-7-11(8-6-10)12(3)9(2)13;1-5-4-6(8)2-3-7(5)9/h1,10-11H,5-8H2,2-3H3;2-4H,9H2,1H3. The third-order valence-electron chi connectivity index (χ3n) is 4.21. The van der Waals surface area contributed by atoms with Gasteiger partial charge in [-0.1, -0.05) is 0 Å². The van der Waals surface area contributed by atoms with Crippen LogP contribution in [0.5, 0.6) is 0 Å². The molecule has 2 N–H and O–H groups in total. The predicted molar refractivity (Wildman–Crippen MR) is 88.6 cm³/mol. The molecule has 0 heterocycles. The molecule has 1 aromatic carbocycles. The van der Waals surface area contributed by atoms with E-state index in [0.717, 1.165) is 31.2 Å². The summed E-state index contributed by atoms with van der Waals surface area (Å²) in [4.78, 5) is 12.9. The highest BCUT2D eigenvalue weighted by atomic mass is 19.1. The molecule has 1 aromatic rings. The first kappa shape index (κ1) is 18.0. The monoisotopic (exact) mass is 304 g/mol. The number of nitrogen functional groups attached to an aromatic ring is 1. The number of nitrogens with zero attached hydrogens (tertiary/aromatic N) is 1. The number of anilines is 1. The van der Waals surface area contributed by atoms with E-state index in [2.05, 4.69) is 5.92 Å². The van der Waals surface area contributed by atoms with Gasteiger partial charge in [0.25, 0.3) is 0 Å². The highest BCUT2D eigenvalue weighted by molar-refractivity contribution is 5.73. The predicted octanol–water partition coefficient (Wildman–Crippen LogP) is 3.37. The number of carbonyl (C=O) groups is 1. The molecule has 1 aliphatic carbocycles. The van der Waals surface area contributed by atoms with E-state index >= 15 is 0 Å². The van der Waals surface area contributed by atoms with Crippen molar-refractivity contribution in [3.63, 3.8) is 0 Å². The van der Waals surface area contributed by atoms with Crippen molar-refractivity contribution in [3.05, 3.63) is 29.6 Å². The minimum absolute atomic E-state index is 0.157. The summed E-state index contributed by atoms with van der Waals surface area (Å²) in [5.74, 6) is 3.15. The van der Waals surface area contributed by atoms with Crippen LogP contribution in [0.15, 0.2) is 18.2 Å². The summed E-state index contributed by atoms with van der Waals surface area (Å²) in [5.41, 5.74) is 6.84. The Morgan fingerprint density at radius 2 is 1.95 bits per heavy atom. The second kappa shape index (κ2) is 8.43. The fourth-order valence-corrected chi connectivity index (χ4v) is 2.53. The summed E-state index contributed by atoms with van der Waals surface area (Å²) < 4.78 is 12.3. The molecule has 0 aliphatic heterocycles. The zero-order valence-electron chi connectivity index (χ0n) is 13.6. The van der Waals surface area contributed by atoms with Crippen LogP contribution in [0, 0.1) is 31.0 Å². The number of hydrogen-bond acceptors (Lipinski definition) is 2. The molecule has 22 heavy (non-hydrogen) atoms. The van der Waals surface area contributed by atoms with E-state index in [0.29, 0.717) is 17.6 Å². The smallest absolute Gasteiger partial charge is 0.219 e. The molecule has 0 spiro atoms. The maximum absolute atomic E-state index is 12.3. The van der Waals surface area contributed by atoms with E-state index in [1.54, 1.807) is 19.9 Å². The number of carbonyl (C=O) groups excluding carboxylic acids is 1. The molecule has 0 unspecified atom stereocenters. The lowest BCUT2D eigenvalue weighted by molar-refractivity contribution is -0.130. The van der Waals surface area contributed by atoms with E-state index < -0.39 is 0 Å². The van der Waals surface area contributed by atoms with Crippen LogP contribution in [-0.2, 0) is 4.79 Å². The van der Waals surface area contributed by atoms with Gasteiger partial charge < -0.3 is 10.6 Å². The molecular formula is C18H25FN2O. The van der Waals surface area contributed by atoms with Crippen LogP contribution in [0.4, 0.5) is 10.1 Å². The zero-order valence-corrected chi connectivity index (χ0v) is 13.6. The van der Waals surface area contributed by atoms with Gasteiger partial charge in [-0.25, -0.2) is 4.39 Å². The van der Waals surface area contributed by atoms with Crippen molar-refractivity contribution in [2.45, 2.75) is 45.6 Å². The Labute approximate surface area is 132 Å². The Bertz CT molecular complexity index is 543. The largest absolute Gasteiger partial charge is 0.399 e. The highest BCUT2D eigenvalue weighted by Crippen LogP contribution is 2.26. The average molecular weight is 304 g/mol. The maximum Gasteiger partial charge on any atom is 0.219 e. The highest BCUT2D eigenvalue weighted by Gasteiger charge is 2.23. The summed E-state index contributed by atoms with van der Waals surface area (Å²) in [6.45, 7) is 3.39. The van der Waals surface area contributed by atoms with Crippen molar-refractivity contribution >= 4 is 11.6 Å². The first-order valence-corrected chi connectivity index (χ1v) is 7.56. The van der Waals surface area contributed by atoms with Gasteiger partial charge >= 0.3 is 0 Å². The quantitative estimate of drug-likeness (QED) is 0.638. The van der Waals surface area contributed by atoms with Gasteiger partial charge in [-0.3, -0.25) is 4.79 Å². The molecule has 4 heteroatoms. The Hall–Kier alpha value is -2.02. The summed E-state index contributed by atoms with van der Waals surface area (Å²) in [7, 11) is 1.88. The number of benzene rings is 1. The van der Waals surface area contributed by atoms with E-state index in [9.17, 15) is 9.18 Å². The summed E-state index contributed by atoms with van der Waals surface area (Å²) in [6.07, 6.45) is 9.61. The van der Waals surface area contributed by atoms with Crippen LogP contribution in [0.2, 0.25) is 0 Å². The molecule has 0 radical (unpaired) electrons. The van der Waals surface area contributed by atoms with Gasteiger partial charge in [-0.15, -0.1) is 12.3 Å². The molecule has 0 bridgehead atoms. The lowest BCUT2D eigenvalue weighted by Gasteiger charge is -2.32. The number of halogens is 1. The normalized spacial score (nSPS) is 20.3. The minimum Gasteiger partial charge on any atom is -0.399 e. The van der Waals surface area contributed by atoms with Gasteiger partial charge in [0.2, 0.25) is 5.91 Å².